The molecule has 3 heteroatoms. The highest BCUT2D eigenvalue weighted by molar-refractivity contribution is 5.50. The molecule has 1 aromatic heterocycles. The van der Waals surface area contributed by atoms with Crippen LogP contribution < -0.4 is 0 Å². The smallest absolute Gasteiger partial charge is 0.181 e. The number of hydrogen-bond donors (Lipinski definition) is 0. The van der Waals surface area contributed by atoms with Gasteiger partial charge < -0.3 is 9.21 Å². The van der Waals surface area contributed by atoms with Crippen LogP contribution in [0.1, 0.15) is 18.5 Å². The first-order valence-electron chi connectivity index (χ1n) is 3.42. The maximum Gasteiger partial charge on any atom is 0.181 e. The van der Waals surface area contributed by atoms with Gasteiger partial charge in [-0.25, -0.2) is 4.98 Å². The van der Waals surface area contributed by atoms with Crippen LogP contribution in [-0.2, 0) is 4.79 Å². The molecule has 0 N–H and O–H groups in total. The average molecular weight is 151 g/mol. The zero-order valence-electron chi connectivity index (χ0n) is 6.06. The lowest BCUT2D eigenvalue weighted by molar-refractivity contribution is -0.107. The van der Waals surface area contributed by atoms with E-state index in [1.54, 1.807) is 6.26 Å². The SMILES string of the molecule is O=CCCC=Cc1cocn1. The Kier molecular flexibility index (Phi) is 3.12. The second-order valence-electron chi connectivity index (χ2n) is 2.06. The predicted molar refractivity (Wildman–Crippen MR) is 40.8 cm³/mol. The molecule has 0 unspecified atom stereocenters. The molecule has 0 spiro atoms. The molecule has 0 amide bonds. The number of unbranched alkanes of at least 4 members (excludes halogenated alkanes) is 1. The molecule has 0 aliphatic rings. The highest BCUT2D eigenvalue weighted by Gasteiger charge is 1.86. The van der Waals surface area contributed by atoms with Gasteiger partial charge in [-0.3, -0.25) is 0 Å². The van der Waals surface area contributed by atoms with Crippen molar-refractivity contribution in [3.05, 3.63) is 24.4 Å². The Labute approximate surface area is 64.7 Å². The van der Waals surface area contributed by atoms with E-state index in [0.717, 1.165) is 18.4 Å². The van der Waals surface area contributed by atoms with Crippen LogP contribution in [0.25, 0.3) is 6.08 Å². The van der Waals surface area contributed by atoms with Crippen LogP contribution in [0.5, 0.6) is 0 Å². The minimum Gasteiger partial charge on any atom is -0.451 e. The maximum atomic E-state index is 9.90. The highest BCUT2D eigenvalue weighted by atomic mass is 16.3. The lowest BCUT2D eigenvalue weighted by atomic mass is 10.3. The van der Waals surface area contributed by atoms with Gasteiger partial charge in [-0.15, -0.1) is 0 Å². The summed E-state index contributed by atoms with van der Waals surface area (Å²) in [5.74, 6) is 0. The first-order valence-corrected chi connectivity index (χ1v) is 3.42. The van der Waals surface area contributed by atoms with Gasteiger partial charge in [0.15, 0.2) is 6.39 Å². The number of nitrogens with zero attached hydrogens (tertiary/aromatic N) is 1. The zero-order chi connectivity index (χ0) is 7.94. The van der Waals surface area contributed by atoms with Crippen molar-refractivity contribution in [3.8, 4) is 0 Å². The number of carbonyl (C=O) groups is 1. The molecule has 0 radical (unpaired) electrons. The third-order valence-electron chi connectivity index (χ3n) is 1.19. The molecule has 1 rings (SSSR count). The second kappa shape index (κ2) is 4.44. The third-order valence-corrected chi connectivity index (χ3v) is 1.19. The first-order chi connectivity index (χ1) is 5.43. The summed E-state index contributed by atoms with van der Waals surface area (Å²) in [6.07, 6.45) is 8.87. The van der Waals surface area contributed by atoms with Gasteiger partial charge in [-0.2, -0.15) is 0 Å². The minimum absolute atomic E-state index is 0.564. The Morgan fingerprint density at radius 1 is 1.55 bits per heavy atom. The summed E-state index contributed by atoms with van der Waals surface area (Å²) in [5.41, 5.74) is 0.788. The van der Waals surface area contributed by atoms with E-state index in [-0.39, 0.29) is 0 Å². The van der Waals surface area contributed by atoms with Crippen molar-refractivity contribution < 1.29 is 9.21 Å². The molecule has 3 nitrogen and oxygen atoms in total. The Bertz CT molecular complexity index is 226. The number of aromatic nitrogens is 1. The van der Waals surface area contributed by atoms with Crippen LogP contribution in [0.15, 0.2) is 23.1 Å². The molecule has 0 saturated heterocycles. The van der Waals surface area contributed by atoms with Crippen LogP contribution >= 0.6 is 0 Å². The summed E-state index contributed by atoms with van der Waals surface area (Å²) >= 11 is 0. The predicted octanol–water partition coefficient (Wildman–Crippen LogP) is 1.67. The van der Waals surface area contributed by atoms with E-state index in [2.05, 4.69) is 4.98 Å². The number of oxazole rings is 1. The van der Waals surface area contributed by atoms with Crippen molar-refractivity contribution in [1.29, 1.82) is 0 Å². The van der Waals surface area contributed by atoms with Gasteiger partial charge in [0.2, 0.25) is 0 Å². The summed E-state index contributed by atoms with van der Waals surface area (Å²) < 4.78 is 4.74. The fraction of sp³-hybridized carbons (Fsp3) is 0.250. The van der Waals surface area contributed by atoms with E-state index < -0.39 is 0 Å². The molecule has 58 valence electrons. The van der Waals surface area contributed by atoms with E-state index >= 15 is 0 Å². The van der Waals surface area contributed by atoms with Crippen molar-refractivity contribution in [1.82, 2.24) is 4.98 Å². The van der Waals surface area contributed by atoms with Crippen LogP contribution in [-0.4, -0.2) is 11.3 Å². The molecule has 11 heavy (non-hydrogen) atoms. The lowest BCUT2D eigenvalue weighted by Crippen LogP contribution is -1.71. The molecule has 0 aliphatic carbocycles. The number of hydrogen-bond acceptors (Lipinski definition) is 3. The molecule has 0 aromatic carbocycles. The van der Waals surface area contributed by atoms with Gasteiger partial charge in [0.25, 0.3) is 0 Å². The van der Waals surface area contributed by atoms with E-state index in [4.69, 9.17) is 4.42 Å². The third kappa shape index (κ3) is 2.80. The van der Waals surface area contributed by atoms with Crippen LogP contribution in [0, 0.1) is 0 Å². The molecule has 1 heterocycles. The Morgan fingerprint density at radius 2 is 2.45 bits per heavy atom. The lowest BCUT2D eigenvalue weighted by Gasteiger charge is -1.80. The maximum absolute atomic E-state index is 9.90. The van der Waals surface area contributed by atoms with Crippen molar-refractivity contribution in [3.63, 3.8) is 0 Å². The number of rotatable bonds is 4. The fourth-order valence-electron chi connectivity index (χ4n) is 0.673. The van der Waals surface area contributed by atoms with Gasteiger partial charge in [0.1, 0.15) is 18.2 Å². The Hall–Kier alpha value is -1.38. The van der Waals surface area contributed by atoms with E-state index in [1.165, 1.54) is 6.39 Å². The molecule has 0 aliphatic heterocycles. The van der Waals surface area contributed by atoms with Crippen molar-refractivity contribution in [2.24, 2.45) is 0 Å². The standard InChI is InChI=1S/C8H9NO2/c10-5-3-1-2-4-8-6-11-7-9-8/h2,4-7H,1,3H2. The second-order valence-corrected chi connectivity index (χ2v) is 2.06. The molecule has 0 saturated carbocycles. The molecule has 0 bridgehead atoms. The van der Waals surface area contributed by atoms with Crippen LogP contribution in [0.2, 0.25) is 0 Å². The first kappa shape index (κ1) is 7.72. The van der Waals surface area contributed by atoms with Crippen LogP contribution in [0.3, 0.4) is 0 Å². The summed E-state index contributed by atoms with van der Waals surface area (Å²) in [5, 5.41) is 0. The number of carbonyl (C=O) groups excluding carboxylic acids is 1. The molecular weight excluding hydrogens is 142 g/mol. The highest BCUT2D eigenvalue weighted by Crippen LogP contribution is 1.98. The molecule has 0 fully saturated rings. The van der Waals surface area contributed by atoms with Gasteiger partial charge >= 0.3 is 0 Å². The number of allylic oxidation sites excluding steroid dienone is 1. The van der Waals surface area contributed by atoms with E-state index in [0.29, 0.717) is 6.42 Å². The normalized spacial score (nSPS) is 10.5. The Morgan fingerprint density at radius 3 is 3.09 bits per heavy atom. The Balaban J connectivity index is 2.31. The fourth-order valence-corrected chi connectivity index (χ4v) is 0.673. The van der Waals surface area contributed by atoms with Gasteiger partial charge in [0.05, 0.1) is 0 Å². The summed E-state index contributed by atoms with van der Waals surface area (Å²) in [6, 6.07) is 0. The summed E-state index contributed by atoms with van der Waals surface area (Å²) in [6.45, 7) is 0. The largest absolute Gasteiger partial charge is 0.451 e. The van der Waals surface area contributed by atoms with Crippen molar-refractivity contribution in [2.75, 3.05) is 0 Å². The molecule has 1 aromatic rings. The molecular formula is C8H9NO2. The van der Waals surface area contributed by atoms with E-state index in [1.807, 2.05) is 12.2 Å². The summed E-state index contributed by atoms with van der Waals surface area (Å²) in [4.78, 5) is 13.8. The number of aldehydes is 1. The topological polar surface area (TPSA) is 43.1 Å². The van der Waals surface area contributed by atoms with Gasteiger partial charge in [-0.1, -0.05) is 6.08 Å². The van der Waals surface area contributed by atoms with Gasteiger partial charge in [-0.05, 0) is 12.5 Å². The summed E-state index contributed by atoms with van der Waals surface area (Å²) in [7, 11) is 0. The quantitative estimate of drug-likeness (QED) is 0.485. The van der Waals surface area contributed by atoms with Gasteiger partial charge in [0, 0.05) is 6.42 Å². The van der Waals surface area contributed by atoms with E-state index in [9.17, 15) is 4.79 Å². The molecule has 0 atom stereocenters. The zero-order valence-corrected chi connectivity index (χ0v) is 6.06. The average Bonchev–Trinajstić information content (AvgIpc) is 2.50. The van der Waals surface area contributed by atoms with Crippen molar-refractivity contribution >= 4 is 12.4 Å². The van der Waals surface area contributed by atoms with Crippen molar-refractivity contribution in [2.45, 2.75) is 12.8 Å². The minimum atomic E-state index is 0.564. The van der Waals surface area contributed by atoms with Crippen LogP contribution in [0.4, 0.5) is 0 Å². The monoisotopic (exact) mass is 151 g/mol.